The predicted molar refractivity (Wildman–Crippen MR) is 76.2 cm³/mol. The highest BCUT2D eigenvalue weighted by Gasteiger charge is 2.08. The van der Waals surface area contributed by atoms with Crippen LogP contribution in [0.2, 0.25) is 0 Å². The first-order valence-electron chi connectivity index (χ1n) is 5.83. The second-order valence-corrected chi connectivity index (χ2v) is 3.83. The second-order valence-electron chi connectivity index (χ2n) is 3.83. The van der Waals surface area contributed by atoms with Crippen molar-refractivity contribution in [1.82, 2.24) is 19.9 Å². The highest BCUT2D eigenvalue weighted by atomic mass is 15.0. The van der Waals surface area contributed by atoms with Crippen LogP contribution in [0, 0.1) is 6.92 Å². The highest BCUT2D eigenvalue weighted by molar-refractivity contribution is 5.71. The summed E-state index contributed by atoms with van der Waals surface area (Å²) in [4.78, 5) is 17.2. The van der Waals surface area contributed by atoms with Crippen molar-refractivity contribution >= 4 is 5.57 Å². The average molecular weight is 250 g/mol. The first-order valence-corrected chi connectivity index (χ1v) is 5.83. The van der Waals surface area contributed by atoms with Gasteiger partial charge in [0, 0.05) is 23.5 Å². The molecule has 0 fully saturated rings. The van der Waals surface area contributed by atoms with Crippen LogP contribution in [-0.4, -0.2) is 19.9 Å². The molecule has 2 aromatic heterocycles. The molecule has 0 spiro atoms. The minimum atomic E-state index is 0.584. The van der Waals surface area contributed by atoms with Gasteiger partial charge in [-0.05, 0) is 19.1 Å². The van der Waals surface area contributed by atoms with Crippen molar-refractivity contribution in [1.29, 1.82) is 0 Å². The van der Waals surface area contributed by atoms with E-state index in [1.54, 1.807) is 24.5 Å². The summed E-state index contributed by atoms with van der Waals surface area (Å²) in [6, 6.07) is 3.76. The third kappa shape index (κ3) is 2.98. The van der Waals surface area contributed by atoms with Crippen LogP contribution in [0.3, 0.4) is 0 Å². The summed E-state index contributed by atoms with van der Waals surface area (Å²) in [5.74, 6) is 1.84. The van der Waals surface area contributed by atoms with Crippen LogP contribution in [0.5, 0.6) is 0 Å². The molecule has 19 heavy (non-hydrogen) atoms. The summed E-state index contributed by atoms with van der Waals surface area (Å²) in [7, 11) is 0. The van der Waals surface area contributed by atoms with Gasteiger partial charge in [0.2, 0.25) is 0 Å². The molecule has 2 rings (SSSR count). The van der Waals surface area contributed by atoms with Crippen molar-refractivity contribution in [3.63, 3.8) is 0 Å². The Morgan fingerprint density at radius 1 is 1.21 bits per heavy atom. The van der Waals surface area contributed by atoms with Gasteiger partial charge in [0.1, 0.15) is 5.82 Å². The molecular weight excluding hydrogens is 236 g/mol. The van der Waals surface area contributed by atoms with Crippen LogP contribution in [0.4, 0.5) is 0 Å². The average Bonchev–Trinajstić information content (AvgIpc) is 2.45. The maximum Gasteiger partial charge on any atom is 0.165 e. The van der Waals surface area contributed by atoms with Crippen LogP contribution < -0.4 is 0 Å². The molecule has 0 aliphatic heterocycles. The van der Waals surface area contributed by atoms with Crippen LogP contribution in [0.15, 0.2) is 55.9 Å². The van der Waals surface area contributed by atoms with Gasteiger partial charge in [-0.1, -0.05) is 31.4 Å². The molecule has 0 N–H and O–H groups in total. The molecule has 0 unspecified atom stereocenters. The van der Waals surface area contributed by atoms with E-state index in [0.717, 1.165) is 11.1 Å². The SMILES string of the molecule is C=C/C=C(\C=C)c1nc(C)nc(-c2cccnc2)n1. The molecule has 0 atom stereocenters. The standard InChI is InChI=1S/C15H14N4/c1-4-7-12(5-2)14-17-11(3)18-15(19-14)13-8-6-9-16-10-13/h4-10H,1-2H2,3H3/b12-7+. The minimum absolute atomic E-state index is 0.584. The van der Waals surface area contributed by atoms with Crippen LogP contribution in [0.25, 0.3) is 17.0 Å². The molecule has 0 saturated heterocycles. The van der Waals surface area contributed by atoms with Gasteiger partial charge in [0.15, 0.2) is 11.6 Å². The molecule has 0 aliphatic rings. The lowest BCUT2D eigenvalue weighted by Gasteiger charge is -2.05. The van der Waals surface area contributed by atoms with Crippen LogP contribution >= 0.6 is 0 Å². The Kier molecular flexibility index (Phi) is 3.93. The summed E-state index contributed by atoms with van der Waals surface area (Å²) < 4.78 is 0. The van der Waals surface area contributed by atoms with Gasteiger partial charge in [-0.25, -0.2) is 15.0 Å². The Bertz CT molecular complexity index is 630. The predicted octanol–water partition coefficient (Wildman–Crippen LogP) is 3.00. The molecule has 0 bridgehead atoms. The molecule has 4 nitrogen and oxygen atoms in total. The number of allylic oxidation sites excluding steroid dienone is 4. The molecule has 0 saturated carbocycles. The Morgan fingerprint density at radius 3 is 2.68 bits per heavy atom. The number of nitrogens with zero attached hydrogens (tertiary/aromatic N) is 4. The van der Waals surface area contributed by atoms with E-state index < -0.39 is 0 Å². The monoisotopic (exact) mass is 250 g/mol. The lowest BCUT2D eigenvalue weighted by Crippen LogP contribution is -2.01. The smallest absolute Gasteiger partial charge is 0.165 e. The fourth-order valence-corrected chi connectivity index (χ4v) is 1.60. The lowest BCUT2D eigenvalue weighted by molar-refractivity contribution is 0.961. The maximum absolute atomic E-state index is 4.44. The maximum atomic E-state index is 4.44. The van der Waals surface area contributed by atoms with Gasteiger partial charge in [-0.15, -0.1) is 0 Å². The molecule has 4 heteroatoms. The van der Waals surface area contributed by atoms with E-state index in [2.05, 4.69) is 33.1 Å². The Labute approximate surface area is 112 Å². The first-order chi connectivity index (χ1) is 9.24. The van der Waals surface area contributed by atoms with E-state index in [-0.39, 0.29) is 0 Å². The molecule has 0 radical (unpaired) electrons. The zero-order valence-electron chi connectivity index (χ0n) is 10.7. The summed E-state index contributed by atoms with van der Waals surface area (Å²) >= 11 is 0. The largest absolute Gasteiger partial charge is 0.264 e. The number of rotatable bonds is 4. The van der Waals surface area contributed by atoms with Gasteiger partial charge in [0.05, 0.1) is 0 Å². The van der Waals surface area contributed by atoms with Crippen LogP contribution in [-0.2, 0) is 0 Å². The molecule has 0 amide bonds. The van der Waals surface area contributed by atoms with E-state index >= 15 is 0 Å². The van der Waals surface area contributed by atoms with Crippen molar-refractivity contribution in [2.45, 2.75) is 6.92 Å². The summed E-state index contributed by atoms with van der Waals surface area (Å²) in [6.07, 6.45) is 8.63. The molecule has 94 valence electrons. The van der Waals surface area contributed by atoms with Crippen molar-refractivity contribution in [3.8, 4) is 11.4 Å². The van der Waals surface area contributed by atoms with E-state index in [1.165, 1.54) is 0 Å². The summed E-state index contributed by atoms with van der Waals surface area (Å²) in [6.45, 7) is 9.26. The first kappa shape index (κ1) is 12.8. The lowest BCUT2D eigenvalue weighted by atomic mass is 10.2. The molecule has 0 aliphatic carbocycles. The number of aromatic nitrogens is 4. The number of pyridine rings is 1. The fraction of sp³-hybridized carbons (Fsp3) is 0.0667. The molecular formula is C15H14N4. The van der Waals surface area contributed by atoms with Gasteiger partial charge in [-0.2, -0.15) is 0 Å². The topological polar surface area (TPSA) is 51.6 Å². The summed E-state index contributed by atoms with van der Waals surface area (Å²) in [5.41, 5.74) is 1.67. The van der Waals surface area contributed by atoms with E-state index in [4.69, 9.17) is 0 Å². The van der Waals surface area contributed by atoms with Crippen molar-refractivity contribution in [2.24, 2.45) is 0 Å². The van der Waals surface area contributed by atoms with Gasteiger partial charge in [0.25, 0.3) is 0 Å². The zero-order valence-corrected chi connectivity index (χ0v) is 10.7. The molecule has 2 heterocycles. The van der Waals surface area contributed by atoms with E-state index in [1.807, 2.05) is 25.1 Å². The van der Waals surface area contributed by atoms with Crippen molar-refractivity contribution in [3.05, 3.63) is 67.6 Å². The molecule has 0 aromatic carbocycles. The number of hydrogen-bond acceptors (Lipinski definition) is 4. The van der Waals surface area contributed by atoms with Gasteiger partial charge in [-0.3, -0.25) is 4.98 Å². The van der Waals surface area contributed by atoms with Gasteiger partial charge < -0.3 is 0 Å². The normalized spacial score (nSPS) is 11.1. The third-order valence-electron chi connectivity index (χ3n) is 2.44. The number of hydrogen-bond donors (Lipinski definition) is 0. The fourth-order valence-electron chi connectivity index (χ4n) is 1.60. The minimum Gasteiger partial charge on any atom is -0.264 e. The van der Waals surface area contributed by atoms with Crippen LogP contribution in [0.1, 0.15) is 11.6 Å². The Morgan fingerprint density at radius 2 is 2.05 bits per heavy atom. The second kappa shape index (κ2) is 5.82. The van der Waals surface area contributed by atoms with Crippen molar-refractivity contribution < 1.29 is 0 Å². The zero-order chi connectivity index (χ0) is 13.7. The Hall–Kier alpha value is -2.62. The van der Waals surface area contributed by atoms with Crippen molar-refractivity contribution in [2.75, 3.05) is 0 Å². The quantitative estimate of drug-likeness (QED) is 0.783. The van der Waals surface area contributed by atoms with E-state index in [0.29, 0.717) is 17.5 Å². The number of aryl methyl sites for hydroxylation is 1. The third-order valence-corrected chi connectivity index (χ3v) is 2.44. The molecule has 2 aromatic rings. The summed E-state index contributed by atoms with van der Waals surface area (Å²) in [5, 5.41) is 0. The van der Waals surface area contributed by atoms with E-state index in [9.17, 15) is 0 Å². The Balaban J connectivity index is 2.55. The van der Waals surface area contributed by atoms with Gasteiger partial charge >= 0.3 is 0 Å². The highest BCUT2D eigenvalue weighted by Crippen LogP contribution is 2.17.